The topological polar surface area (TPSA) is 150 Å². The van der Waals surface area contributed by atoms with Gasteiger partial charge in [-0.25, -0.2) is 0 Å². The zero-order valence-electron chi connectivity index (χ0n) is 15.4. The minimum atomic E-state index is -3.96. The van der Waals surface area contributed by atoms with Gasteiger partial charge in [-0.05, 0) is 0 Å². The van der Waals surface area contributed by atoms with Crippen LogP contribution in [0.2, 0.25) is 1.41 Å². The van der Waals surface area contributed by atoms with Crippen molar-refractivity contribution in [1.29, 1.82) is 0 Å². The average molecular weight is 398 g/mol. The molecule has 0 aliphatic rings. The number of hydroxylamine groups is 1. The molecule has 0 heterocycles. The molecule has 0 saturated carbocycles. The van der Waals surface area contributed by atoms with Gasteiger partial charge in [-0.1, -0.05) is 60.7 Å². The van der Waals surface area contributed by atoms with Crippen LogP contribution in [0.15, 0.2) is 60.7 Å². The molecule has 9 heteroatoms. The largest absolute Gasteiger partial charge is 0.394 e. The lowest BCUT2D eigenvalue weighted by atomic mass is 10.0. The van der Waals surface area contributed by atoms with Crippen molar-refractivity contribution in [2.75, 3.05) is 6.61 Å². The number of aliphatic hydroxyl groups is 5. The Morgan fingerprint density at radius 2 is 1.30 bits per heavy atom. The zero-order chi connectivity index (χ0) is 20.9. The molecule has 2 rings (SSSR count). The summed E-state index contributed by atoms with van der Waals surface area (Å²) in [6.45, 7) is -0.894. The molecule has 8 nitrogen and oxygen atoms in total. The molecule has 2 aromatic carbocycles. The van der Waals surface area contributed by atoms with E-state index in [0.717, 1.165) is 0 Å². The van der Waals surface area contributed by atoms with Crippen molar-refractivity contribution < 1.29 is 36.7 Å². The first-order valence-corrected chi connectivity index (χ1v) is 10.0. The summed E-state index contributed by atoms with van der Waals surface area (Å²) in [5, 5.41) is 59.6. The van der Waals surface area contributed by atoms with Gasteiger partial charge in [0.1, 0.15) is 30.2 Å². The monoisotopic (exact) mass is 398 g/mol. The van der Waals surface area contributed by atoms with E-state index < -0.39 is 43.9 Å². The first-order valence-electron chi connectivity index (χ1n) is 8.71. The van der Waals surface area contributed by atoms with Crippen LogP contribution in [0, 0.1) is 0 Å². The van der Waals surface area contributed by atoms with Crippen molar-refractivity contribution in [3.8, 4) is 0 Å². The lowest BCUT2D eigenvalue weighted by Crippen LogP contribution is -2.54. The molecule has 0 aromatic heterocycles. The Morgan fingerprint density at radius 3 is 1.67 bits per heavy atom. The van der Waals surface area contributed by atoms with Gasteiger partial charge in [0.2, 0.25) is 0 Å². The third-order valence-electron chi connectivity index (χ3n) is 4.36. The highest BCUT2D eigenvalue weighted by Gasteiger charge is 2.45. The Balaban J connectivity index is 2.59. The smallest absolute Gasteiger partial charge is 0.164 e. The van der Waals surface area contributed by atoms with E-state index >= 15 is 0 Å². The van der Waals surface area contributed by atoms with Gasteiger partial charge in [-0.2, -0.15) is 5.47 Å². The van der Waals surface area contributed by atoms with Gasteiger partial charge in [-0.3, -0.25) is 0 Å². The summed E-state index contributed by atoms with van der Waals surface area (Å²) in [4.78, 5) is 0. The quantitative estimate of drug-likeness (QED) is 0.204. The Labute approximate surface area is 158 Å². The SMILES string of the molecule is [2H]N(O)C([C@H](O)[C@@H](O)[C@H](O)[C@H](O)CO)P(=O)(c1ccccc1)c1ccccc1. The van der Waals surface area contributed by atoms with E-state index in [1.54, 1.807) is 36.4 Å². The minimum Gasteiger partial charge on any atom is -0.394 e. The molecule has 27 heavy (non-hydrogen) atoms. The Hall–Kier alpha value is -1.61. The van der Waals surface area contributed by atoms with Crippen LogP contribution in [0.3, 0.4) is 0 Å². The van der Waals surface area contributed by atoms with Crippen molar-refractivity contribution in [3.05, 3.63) is 60.7 Å². The van der Waals surface area contributed by atoms with Crippen LogP contribution in [0.4, 0.5) is 0 Å². The van der Waals surface area contributed by atoms with Crippen molar-refractivity contribution in [3.63, 3.8) is 0 Å². The van der Waals surface area contributed by atoms with Crippen LogP contribution in [0.25, 0.3) is 0 Å². The maximum absolute atomic E-state index is 14.2. The first-order chi connectivity index (χ1) is 13.2. The average Bonchev–Trinajstić information content (AvgIpc) is 2.72. The molecule has 5 atom stereocenters. The number of aliphatic hydroxyl groups excluding tert-OH is 5. The molecule has 2 aromatic rings. The third-order valence-corrected chi connectivity index (χ3v) is 7.64. The van der Waals surface area contributed by atoms with Crippen molar-refractivity contribution >= 4 is 17.8 Å². The predicted octanol–water partition coefficient (Wildman–Crippen LogP) is -1.26. The molecule has 0 saturated heterocycles. The molecule has 0 amide bonds. The summed E-state index contributed by atoms with van der Waals surface area (Å²) < 4.78 is 21.8. The van der Waals surface area contributed by atoms with Gasteiger partial charge in [-0.15, -0.1) is 0 Å². The Morgan fingerprint density at radius 1 is 0.852 bits per heavy atom. The van der Waals surface area contributed by atoms with Gasteiger partial charge in [0.25, 0.3) is 0 Å². The highest BCUT2D eigenvalue weighted by Crippen LogP contribution is 2.49. The maximum Gasteiger partial charge on any atom is 0.164 e. The molecular formula is C18H24NO7P. The van der Waals surface area contributed by atoms with Crippen LogP contribution in [0.1, 0.15) is 0 Å². The highest BCUT2D eigenvalue weighted by molar-refractivity contribution is 7.79. The van der Waals surface area contributed by atoms with E-state index in [1.807, 2.05) is 0 Å². The fourth-order valence-electron chi connectivity index (χ4n) is 2.82. The molecule has 0 aliphatic heterocycles. The normalized spacial score (nSPS) is 18.4. The lowest BCUT2D eigenvalue weighted by molar-refractivity contribution is -0.122. The van der Waals surface area contributed by atoms with E-state index in [1.165, 1.54) is 24.3 Å². The summed E-state index contributed by atoms with van der Waals surface area (Å²) in [7, 11) is -3.96. The Bertz CT molecular complexity index is 737. The van der Waals surface area contributed by atoms with Gasteiger partial charge >= 0.3 is 0 Å². The highest BCUT2D eigenvalue weighted by atomic mass is 31.2. The third kappa shape index (κ3) is 4.45. The van der Waals surface area contributed by atoms with Crippen molar-refractivity contribution in [2.45, 2.75) is 30.2 Å². The van der Waals surface area contributed by atoms with E-state index in [-0.39, 0.29) is 16.1 Å². The van der Waals surface area contributed by atoms with Gasteiger partial charge in [0, 0.05) is 10.6 Å². The van der Waals surface area contributed by atoms with Crippen LogP contribution in [-0.2, 0) is 4.57 Å². The van der Waals surface area contributed by atoms with Gasteiger partial charge < -0.3 is 35.3 Å². The molecule has 1 unspecified atom stereocenters. The molecule has 7 N–H and O–H groups in total. The fourth-order valence-corrected chi connectivity index (χ4v) is 5.71. The van der Waals surface area contributed by atoms with Crippen molar-refractivity contribution in [2.24, 2.45) is 0 Å². The molecule has 0 bridgehead atoms. The number of hydrogen-bond donors (Lipinski definition) is 7. The van der Waals surface area contributed by atoms with Crippen LogP contribution >= 0.6 is 7.14 Å². The number of benzene rings is 2. The standard InChI is InChI=1S/C18H24NO7P/c20-11-14(21)15(22)16(23)17(24)18(19-25)27(26,12-7-3-1-4-8-12)13-9-5-2-6-10-13/h1-10,14-25H,11H2/t14-,15-,16+,17-,18?/m1/s1/i/hD. The summed E-state index contributed by atoms with van der Waals surface area (Å²) in [5.74, 6) is -1.87. The molecule has 0 aliphatic carbocycles. The molecular weight excluding hydrogens is 373 g/mol. The molecule has 0 spiro atoms. The summed E-state index contributed by atoms with van der Waals surface area (Å²) in [5.41, 5.74) is -0.216. The van der Waals surface area contributed by atoms with Gasteiger partial charge in [0.05, 0.1) is 6.61 Å². The van der Waals surface area contributed by atoms with Crippen LogP contribution in [0.5, 0.6) is 0 Å². The molecule has 0 radical (unpaired) electrons. The second-order valence-electron chi connectivity index (χ2n) is 6.08. The predicted molar refractivity (Wildman–Crippen MR) is 99.6 cm³/mol. The van der Waals surface area contributed by atoms with Crippen molar-refractivity contribution in [1.82, 2.24) is 5.47 Å². The van der Waals surface area contributed by atoms with E-state index in [4.69, 9.17) is 6.52 Å². The summed E-state index contributed by atoms with van der Waals surface area (Å²) in [6, 6.07) is 15.8. The first kappa shape index (κ1) is 20.1. The van der Waals surface area contributed by atoms with E-state index in [0.29, 0.717) is 0 Å². The second-order valence-corrected chi connectivity index (χ2v) is 8.96. The lowest BCUT2D eigenvalue weighted by Gasteiger charge is -2.35. The fraction of sp³-hybridized carbons (Fsp3) is 0.333. The van der Waals surface area contributed by atoms with Gasteiger partial charge in [0.15, 0.2) is 8.55 Å². The molecule has 0 fully saturated rings. The number of hydrogen-bond acceptors (Lipinski definition) is 8. The zero-order valence-corrected chi connectivity index (χ0v) is 15.2. The Kier molecular flexibility index (Phi) is 7.12. The minimum absolute atomic E-state index is 0.209. The summed E-state index contributed by atoms with van der Waals surface area (Å²) >= 11 is 0. The van der Waals surface area contributed by atoms with E-state index in [9.17, 15) is 30.2 Å². The van der Waals surface area contributed by atoms with E-state index in [2.05, 4.69) is 0 Å². The second kappa shape index (κ2) is 9.54. The van der Waals surface area contributed by atoms with Crippen LogP contribution in [-0.4, -0.2) is 67.5 Å². The number of rotatable bonds is 9. The van der Waals surface area contributed by atoms with Crippen LogP contribution < -0.4 is 16.1 Å². The summed E-state index contributed by atoms with van der Waals surface area (Å²) in [6.07, 6.45) is -7.99. The molecule has 148 valence electrons. The number of nitrogens with one attached hydrogen (secondary N) is 1. The maximum atomic E-state index is 14.2.